The van der Waals surface area contributed by atoms with Gasteiger partial charge in [-0.2, -0.15) is 0 Å². The van der Waals surface area contributed by atoms with Crippen molar-refractivity contribution in [3.8, 4) is 0 Å². The van der Waals surface area contributed by atoms with Crippen LogP contribution in [0, 0.1) is 5.41 Å². The van der Waals surface area contributed by atoms with Gasteiger partial charge < -0.3 is 4.74 Å². The average molecular weight is 365 g/mol. The molecule has 0 heterocycles. The van der Waals surface area contributed by atoms with Gasteiger partial charge in [-0.1, -0.05) is 76.8 Å². The summed E-state index contributed by atoms with van der Waals surface area (Å²) in [6, 6.07) is 11.9. The maximum Gasteiger partial charge on any atom is 0.311 e. The van der Waals surface area contributed by atoms with Crippen molar-refractivity contribution in [1.82, 2.24) is 0 Å². The molecular weight excluding hydrogens is 324 g/mol. The van der Waals surface area contributed by atoms with Crippen LogP contribution in [0.2, 0.25) is 25.7 Å². The molecule has 0 N–H and O–H groups in total. The highest BCUT2D eigenvalue weighted by atomic mass is 28.3. The van der Waals surface area contributed by atoms with Crippen molar-refractivity contribution in [2.45, 2.75) is 85.5 Å². The lowest BCUT2D eigenvalue weighted by Crippen LogP contribution is -2.27. The summed E-state index contributed by atoms with van der Waals surface area (Å²) in [6.07, 6.45) is 3.07. The molecule has 2 nitrogen and oxygen atoms in total. The van der Waals surface area contributed by atoms with Crippen LogP contribution in [0.4, 0.5) is 0 Å². The number of hydrogen-bond acceptors (Lipinski definition) is 2. The van der Waals surface area contributed by atoms with E-state index in [1.54, 1.807) is 0 Å². The van der Waals surface area contributed by atoms with E-state index in [1.165, 1.54) is 18.0 Å². The molecule has 0 radical (unpaired) electrons. The molecule has 1 aromatic rings. The maximum atomic E-state index is 11.6. The largest absolute Gasteiger partial charge is 0.465 e. The smallest absolute Gasteiger partial charge is 0.311 e. The lowest BCUT2D eigenvalue weighted by molar-refractivity contribution is -0.154. The number of rotatable bonds is 8. The summed E-state index contributed by atoms with van der Waals surface area (Å²) in [7, 11) is -0.975. The Balaban J connectivity index is 0.000000496. The minimum absolute atomic E-state index is 0.0550. The Labute approximate surface area is 157 Å². The first-order valence-corrected chi connectivity index (χ1v) is 13.5. The zero-order valence-corrected chi connectivity index (χ0v) is 18.8. The summed E-state index contributed by atoms with van der Waals surface area (Å²) >= 11 is 0. The molecule has 1 unspecified atom stereocenters. The molecule has 0 saturated carbocycles. The summed E-state index contributed by atoms with van der Waals surface area (Å²) in [4.78, 5) is 11.6. The summed E-state index contributed by atoms with van der Waals surface area (Å²) in [5.41, 5.74) is 1.13. The standard InChI is InChI=1S/C12H26O2Si.C10H14/c1-7-12(2,3)11(13)14-9-8-10-15(4,5)6;1-3-9(2)10-7-5-4-6-8-10/h7-10H2,1-6H3;4-9H,3H2,1-2H3. The first-order valence-electron chi connectivity index (χ1n) is 9.75. The van der Waals surface area contributed by atoms with Gasteiger partial charge in [0.2, 0.25) is 0 Å². The van der Waals surface area contributed by atoms with Gasteiger partial charge in [-0.05, 0) is 44.6 Å². The second-order valence-electron chi connectivity index (χ2n) is 8.76. The summed E-state index contributed by atoms with van der Waals surface area (Å²) < 4.78 is 5.28. The minimum atomic E-state index is -0.975. The molecule has 0 aromatic heterocycles. The Kier molecular flexibility index (Phi) is 11.0. The molecule has 0 spiro atoms. The van der Waals surface area contributed by atoms with E-state index >= 15 is 0 Å². The Morgan fingerprint density at radius 1 is 1.12 bits per heavy atom. The third-order valence-corrected chi connectivity index (χ3v) is 6.58. The van der Waals surface area contributed by atoms with Crippen LogP contribution in [0.5, 0.6) is 0 Å². The molecular formula is C22H40O2Si. The zero-order chi connectivity index (χ0) is 19.5. The van der Waals surface area contributed by atoms with Crippen LogP contribution in [-0.2, 0) is 9.53 Å². The fraction of sp³-hybridized carbons (Fsp3) is 0.682. The summed E-state index contributed by atoms with van der Waals surface area (Å²) in [6.45, 7) is 18.0. The second-order valence-corrected chi connectivity index (χ2v) is 14.4. The van der Waals surface area contributed by atoms with E-state index in [0.29, 0.717) is 12.5 Å². The van der Waals surface area contributed by atoms with Gasteiger partial charge in [0.1, 0.15) is 0 Å². The first kappa shape index (κ1) is 23.9. The molecule has 3 heteroatoms. The normalized spacial score (nSPS) is 12.8. The van der Waals surface area contributed by atoms with E-state index in [-0.39, 0.29) is 11.4 Å². The van der Waals surface area contributed by atoms with Crippen molar-refractivity contribution in [3.63, 3.8) is 0 Å². The summed E-state index contributed by atoms with van der Waals surface area (Å²) in [5.74, 6) is 0.654. The highest BCUT2D eigenvalue weighted by Gasteiger charge is 2.26. The molecule has 144 valence electrons. The number of carbonyl (C=O) groups is 1. The van der Waals surface area contributed by atoms with Crippen LogP contribution in [0.15, 0.2) is 30.3 Å². The average Bonchev–Trinajstić information content (AvgIpc) is 2.58. The molecule has 0 aliphatic rings. The molecule has 1 aromatic carbocycles. The highest BCUT2D eigenvalue weighted by Crippen LogP contribution is 2.22. The minimum Gasteiger partial charge on any atom is -0.465 e. The maximum absolute atomic E-state index is 11.6. The van der Waals surface area contributed by atoms with Crippen LogP contribution >= 0.6 is 0 Å². The van der Waals surface area contributed by atoms with Gasteiger partial charge in [0.15, 0.2) is 0 Å². The Bertz CT molecular complexity index is 475. The number of benzene rings is 1. The SMILES string of the molecule is CCC(C)(C)C(=O)OCCC[Si](C)(C)C.CCC(C)c1ccccc1. The summed E-state index contributed by atoms with van der Waals surface area (Å²) in [5, 5.41) is 0. The predicted octanol–water partition coefficient (Wildman–Crippen LogP) is 6.89. The van der Waals surface area contributed by atoms with Crippen molar-refractivity contribution < 1.29 is 9.53 Å². The third-order valence-electron chi connectivity index (χ3n) is 4.72. The first-order chi connectivity index (χ1) is 11.5. The van der Waals surface area contributed by atoms with Gasteiger partial charge in [-0.15, -0.1) is 0 Å². The molecule has 0 aliphatic heterocycles. The lowest BCUT2D eigenvalue weighted by Gasteiger charge is -2.21. The van der Waals surface area contributed by atoms with Crippen molar-refractivity contribution in [2.75, 3.05) is 6.61 Å². The molecule has 0 amide bonds. The molecule has 0 saturated heterocycles. The van der Waals surface area contributed by atoms with Crippen molar-refractivity contribution in [2.24, 2.45) is 5.41 Å². The van der Waals surface area contributed by atoms with Gasteiger partial charge >= 0.3 is 5.97 Å². The Morgan fingerprint density at radius 3 is 2.12 bits per heavy atom. The van der Waals surface area contributed by atoms with E-state index in [2.05, 4.69) is 63.8 Å². The molecule has 0 bridgehead atoms. The quantitative estimate of drug-likeness (QED) is 0.285. The van der Waals surface area contributed by atoms with E-state index in [4.69, 9.17) is 4.74 Å². The highest BCUT2D eigenvalue weighted by molar-refractivity contribution is 6.76. The van der Waals surface area contributed by atoms with E-state index in [9.17, 15) is 4.79 Å². The molecule has 1 atom stereocenters. The van der Waals surface area contributed by atoms with Crippen LogP contribution < -0.4 is 0 Å². The van der Waals surface area contributed by atoms with E-state index in [0.717, 1.165) is 12.8 Å². The monoisotopic (exact) mass is 364 g/mol. The van der Waals surface area contributed by atoms with Crippen LogP contribution in [-0.4, -0.2) is 20.7 Å². The van der Waals surface area contributed by atoms with Gasteiger partial charge in [-0.25, -0.2) is 0 Å². The van der Waals surface area contributed by atoms with Crippen molar-refractivity contribution >= 4 is 14.0 Å². The fourth-order valence-electron chi connectivity index (χ4n) is 2.12. The number of hydrogen-bond donors (Lipinski definition) is 0. The number of esters is 1. The van der Waals surface area contributed by atoms with Crippen molar-refractivity contribution in [1.29, 1.82) is 0 Å². The molecule has 25 heavy (non-hydrogen) atoms. The third kappa shape index (κ3) is 11.2. The number of ether oxygens (including phenoxy) is 1. The molecule has 1 rings (SSSR count). The lowest BCUT2D eigenvalue weighted by atomic mass is 9.91. The van der Waals surface area contributed by atoms with Gasteiger partial charge in [0, 0.05) is 8.07 Å². The van der Waals surface area contributed by atoms with Gasteiger partial charge in [-0.3, -0.25) is 4.79 Å². The van der Waals surface area contributed by atoms with Crippen LogP contribution in [0.1, 0.15) is 65.4 Å². The molecule has 0 fully saturated rings. The number of carbonyl (C=O) groups excluding carboxylic acids is 1. The molecule has 0 aliphatic carbocycles. The van der Waals surface area contributed by atoms with Gasteiger partial charge in [0.05, 0.1) is 12.0 Å². The Hall–Kier alpha value is -1.09. The Morgan fingerprint density at radius 2 is 1.68 bits per heavy atom. The van der Waals surface area contributed by atoms with E-state index < -0.39 is 8.07 Å². The topological polar surface area (TPSA) is 26.3 Å². The van der Waals surface area contributed by atoms with Crippen molar-refractivity contribution in [3.05, 3.63) is 35.9 Å². The zero-order valence-electron chi connectivity index (χ0n) is 17.8. The van der Waals surface area contributed by atoms with Crippen LogP contribution in [0.25, 0.3) is 0 Å². The van der Waals surface area contributed by atoms with Gasteiger partial charge in [0.25, 0.3) is 0 Å². The van der Waals surface area contributed by atoms with Crippen LogP contribution in [0.3, 0.4) is 0 Å². The fourth-order valence-corrected chi connectivity index (χ4v) is 3.33. The predicted molar refractivity (Wildman–Crippen MR) is 113 cm³/mol. The second kappa shape index (κ2) is 11.5. The van der Waals surface area contributed by atoms with E-state index in [1.807, 2.05) is 20.8 Å².